The monoisotopic (exact) mass is 640 g/mol. The van der Waals surface area contributed by atoms with E-state index in [9.17, 15) is 24.3 Å². The number of nitrogens with zero attached hydrogens (tertiary/aromatic N) is 2. The van der Waals surface area contributed by atoms with Crippen LogP contribution in [0.3, 0.4) is 0 Å². The average molecular weight is 641 g/mol. The minimum Gasteiger partial charge on any atom is -0.474 e. The molecule has 2 fully saturated rings. The van der Waals surface area contributed by atoms with E-state index in [1.54, 1.807) is 12.1 Å². The van der Waals surface area contributed by atoms with Gasteiger partial charge in [0.2, 0.25) is 0 Å². The lowest BCUT2D eigenvalue weighted by Gasteiger charge is -2.38. The number of carbonyl (C=O) groups is 4. The van der Waals surface area contributed by atoms with Gasteiger partial charge in [0.05, 0.1) is 6.04 Å². The number of amides is 4. The first kappa shape index (κ1) is 37.4. The molecule has 1 unspecified atom stereocenters. The summed E-state index contributed by atoms with van der Waals surface area (Å²) >= 11 is 0. The highest BCUT2D eigenvalue weighted by molar-refractivity contribution is 6.31. The molecule has 1 saturated heterocycles. The smallest absolute Gasteiger partial charge is 0.394 e. The first-order chi connectivity index (χ1) is 22.3. The topological polar surface area (TPSA) is 119 Å². The van der Waals surface area contributed by atoms with Crippen molar-refractivity contribution in [2.45, 2.75) is 142 Å². The third-order valence-electron chi connectivity index (χ3n) is 9.87. The van der Waals surface area contributed by atoms with Crippen LogP contribution in [0.2, 0.25) is 0 Å². The van der Waals surface area contributed by atoms with Crippen LogP contribution in [0.15, 0.2) is 24.3 Å². The van der Waals surface area contributed by atoms with Gasteiger partial charge in [0.15, 0.2) is 0 Å². The molecule has 0 spiro atoms. The number of carbonyl (C=O) groups excluding carboxylic acids is 3. The van der Waals surface area contributed by atoms with E-state index in [-0.39, 0.29) is 23.9 Å². The average Bonchev–Trinajstić information content (AvgIpc) is 3.07. The molecule has 1 aromatic carbocycles. The molecule has 1 saturated carbocycles. The summed E-state index contributed by atoms with van der Waals surface area (Å²) < 4.78 is 0. The van der Waals surface area contributed by atoms with Gasteiger partial charge in [0.25, 0.3) is 5.91 Å². The number of urea groups is 1. The fourth-order valence-electron chi connectivity index (χ4n) is 6.99. The number of likely N-dealkylation sites (tertiary alicyclic amines) is 1. The maximum Gasteiger partial charge on any atom is 0.394 e. The summed E-state index contributed by atoms with van der Waals surface area (Å²) in [5, 5.41) is 15.9. The van der Waals surface area contributed by atoms with Gasteiger partial charge in [-0.1, -0.05) is 103 Å². The number of aliphatic carboxylic acids is 1. The highest BCUT2D eigenvalue weighted by atomic mass is 16.4. The van der Waals surface area contributed by atoms with Gasteiger partial charge in [-0.15, -0.1) is 0 Å². The molecule has 0 bridgehead atoms. The van der Waals surface area contributed by atoms with Crippen LogP contribution in [0, 0.1) is 5.92 Å². The molecule has 1 atom stereocenters. The highest BCUT2D eigenvalue weighted by Crippen LogP contribution is 2.29. The molecular formula is C37H60N4O5. The minimum absolute atomic E-state index is 0.0112. The fraction of sp³-hybridized carbons (Fsp3) is 0.730. The van der Waals surface area contributed by atoms with Crippen LogP contribution < -0.4 is 10.6 Å². The van der Waals surface area contributed by atoms with Crippen molar-refractivity contribution >= 4 is 23.8 Å². The van der Waals surface area contributed by atoms with E-state index in [0.29, 0.717) is 38.2 Å². The maximum absolute atomic E-state index is 12.9. The van der Waals surface area contributed by atoms with E-state index < -0.39 is 17.9 Å². The third-order valence-corrected chi connectivity index (χ3v) is 9.87. The van der Waals surface area contributed by atoms with Crippen molar-refractivity contribution in [2.75, 3.05) is 26.2 Å². The second-order valence-electron chi connectivity index (χ2n) is 13.5. The number of hydrogen-bond donors (Lipinski definition) is 3. The largest absolute Gasteiger partial charge is 0.474 e. The molecule has 1 heterocycles. The lowest BCUT2D eigenvalue weighted by molar-refractivity contribution is -0.158. The van der Waals surface area contributed by atoms with Crippen molar-refractivity contribution in [3.8, 4) is 0 Å². The summed E-state index contributed by atoms with van der Waals surface area (Å²) in [5.41, 5.74) is 1.37. The number of nitrogens with one attached hydrogen (secondary N) is 2. The molecule has 0 aromatic heterocycles. The van der Waals surface area contributed by atoms with Crippen LogP contribution >= 0.6 is 0 Å². The molecule has 3 rings (SSSR count). The molecule has 4 amide bonds. The Hall–Kier alpha value is -3.10. The number of carboxylic acids is 1. The quantitative estimate of drug-likeness (QED) is 0.114. The van der Waals surface area contributed by atoms with Crippen molar-refractivity contribution in [2.24, 2.45) is 5.92 Å². The van der Waals surface area contributed by atoms with E-state index in [1.165, 1.54) is 62.7 Å². The Bertz CT molecular complexity index is 1060. The van der Waals surface area contributed by atoms with Crippen molar-refractivity contribution in [3.05, 3.63) is 35.4 Å². The lowest BCUT2D eigenvalue weighted by atomic mass is 9.93. The SMILES string of the molecule is CCCCCCCCCCCCNC(=O)c1ccc(C(CC)N(CC2CCN(C(=O)NC3CCCCC3)CC2)C(=O)C(=O)O)cc1. The van der Waals surface area contributed by atoms with Crippen LogP contribution in [-0.4, -0.2) is 70.9 Å². The predicted molar refractivity (Wildman–Crippen MR) is 183 cm³/mol. The number of hydrogen-bond acceptors (Lipinski definition) is 4. The molecule has 9 heteroatoms. The van der Waals surface area contributed by atoms with Gasteiger partial charge in [-0.05, 0) is 62.1 Å². The highest BCUT2D eigenvalue weighted by Gasteiger charge is 2.33. The Labute approximate surface area is 277 Å². The Morgan fingerprint density at radius 1 is 0.826 bits per heavy atom. The predicted octanol–water partition coefficient (Wildman–Crippen LogP) is 7.46. The minimum atomic E-state index is -1.47. The van der Waals surface area contributed by atoms with Crippen LogP contribution in [0.4, 0.5) is 4.79 Å². The zero-order valence-corrected chi connectivity index (χ0v) is 28.6. The fourth-order valence-corrected chi connectivity index (χ4v) is 6.99. The molecule has 0 radical (unpaired) electrons. The van der Waals surface area contributed by atoms with E-state index in [0.717, 1.165) is 56.9 Å². The van der Waals surface area contributed by atoms with E-state index >= 15 is 0 Å². The van der Waals surface area contributed by atoms with Gasteiger partial charge in [-0.25, -0.2) is 9.59 Å². The summed E-state index contributed by atoms with van der Waals surface area (Å²) in [6.45, 7) is 6.35. The standard InChI is InChI=1S/C37H60N4O5/c1-3-5-6-7-8-9-10-11-12-16-25-38-34(42)31-21-19-30(20-22-31)33(4-2)41(35(43)36(44)45)28-29-23-26-40(27-24-29)37(46)39-32-17-14-13-15-18-32/h19-22,29,32-33H,3-18,23-28H2,1-2H3,(H,38,42)(H,39,46)(H,44,45). The summed E-state index contributed by atoms with van der Waals surface area (Å²) in [4.78, 5) is 53.7. The lowest BCUT2D eigenvalue weighted by Crippen LogP contribution is -2.50. The van der Waals surface area contributed by atoms with Gasteiger partial charge < -0.3 is 25.5 Å². The number of carboxylic acid groups (broad SMARTS) is 1. The molecule has 1 aliphatic carbocycles. The number of benzene rings is 1. The van der Waals surface area contributed by atoms with Gasteiger partial charge in [0.1, 0.15) is 0 Å². The van der Waals surface area contributed by atoms with E-state index in [4.69, 9.17) is 0 Å². The van der Waals surface area contributed by atoms with Crippen molar-refractivity contribution in [1.29, 1.82) is 0 Å². The second kappa shape index (κ2) is 20.9. The molecule has 9 nitrogen and oxygen atoms in total. The molecule has 2 aliphatic rings. The van der Waals surface area contributed by atoms with Gasteiger partial charge in [0, 0.05) is 37.8 Å². The second-order valence-corrected chi connectivity index (χ2v) is 13.5. The summed E-state index contributed by atoms with van der Waals surface area (Å²) in [6, 6.07) is 7.03. The number of piperidine rings is 1. The first-order valence-electron chi connectivity index (χ1n) is 18.3. The summed E-state index contributed by atoms with van der Waals surface area (Å²) in [6.07, 6.45) is 20.1. The van der Waals surface area contributed by atoms with Crippen molar-refractivity contribution in [1.82, 2.24) is 20.4 Å². The Kier molecular flexibility index (Phi) is 17.0. The van der Waals surface area contributed by atoms with E-state index in [2.05, 4.69) is 17.6 Å². The number of rotatable bonds is 18. The zero-order chi connectivity index (χ0) is 33.1. The molecule has 1 aromatic rings. The van der Waals surface area contributed by atoms with Crippen LogP contribution in [0.25, 0.3) is 0 Å². The maximum atomic E-state index is 12.9. The summed E-state index contributed by atoms with van der Waals surface area (Å²) in [5.74, 6) is -2.39. The van der Waals surface area contributed by atoms with Gasteiger partial charge in [-0.2, -0.15) is 0 Å². The molecule has 258 valence electrons. The molecular weight excluding hydrogens is 580 g/mol. The molecule has 1 aliphatic heterocycles. The van der Waals surface area contributed by atoms with Gasteiger partial charge >= 0.3 is 17.9 Å². The molecule has 3 N–H and O–H groups in total. The Balaban J connectivity index is 1.46. The normalized spacial score (nSPS) is 16.5. The first-order valence-corrected chi connectivity index (χ1v) is 18.3. The Morgan fingerprint density at radius 2 is 1.41 bits per heavy atom. The number of unbranched alkanes of at least 4 members (excludes halogenated alkanes) is 9. The van der Waals surface area contributed by atoms with Gasteiger partial charge in [-0.3, -0.25) is 9.59 Å². The van der Waals surface area contributed by atoms with Crippen molar-refractivity contribution in [3.63, 3.8) is 0 Å². The molecule has 46 heavy (non-hydrogen) atoms. The van der Waals surface area contributed by atoms with Crippen LogP contribution in [-0.2, 0) is 9.59 Å². The van der Waals surface area contributed by atoms with Crippen LogP contribution in [0.1, 0.15) is 151 Å². The zero-order valence-electron chi connectivity index (χ0n) is 28.6. The summed E-state index contributed by atoms with van der Waals surface area (Å²) in [7, 11) is 0. The van der Waals surface area contributed by atoms with Crippen molar-refractivity contribution < 1.29 is 24.3 Å². The third kappa shape index (κ3) is 12.6. The van der Waals surface area contributed by atoms with E-state index in [1.807, 2.05) is 24.0 Å². The van der Waals surface area contributed by atoms with Crippen LogP contribution in [0.5, 0.6) is 0 Å². The Morgan fingerprint density at radius 3 is 1.98 bits per heavy atom.